The van der Waals surface area contributed by atoms with E-state index >= 15 is 0 Å². The minimum atomic E-state index is 0.763. The molecule has 1 aromatic heterocycles. The van der Waals surface area contributed by atoms with Gasteiger partial charge in [0.25, 0.3) is 0 Å². The highest BCUT2D eigenvalue weighted by Crippen LogP contribution is 2.08. The molecule has 0 saturated carbocycles. The molecule has 0 aliphatic carbocycles. The fourth-order valence-electron chi connectivity index (χ4n) is 1.24. The molecule has 5 nitrogen and oxygen atoms in total. The summed E-state index contributed by atoms with van der Waals surface area (Å²) in [6, 6.07) is 1.92. The van der Waals surface area contributed by atoms with Crippen molar-refractivity contribution in [3.63, 3.8) is 0 Å². The van der Waals surface area contributed by atoms with Crippen molar-refractivity contribution in [2.24, 2.45) is 0 Å². The number of hydrogen-bond acceptors (Lipinski definition) is 5. The molecule has 0 unspecified atom stereocenters. The number of rotatable bonds is 8. The number of methoxy groups -OCH3 is 1. The molecule has 0 atom stereocenters. The Balaban J connectivity index is 2.35. The predicted molar refractivity (Wildman–Crippen MR) is 65.8 cm³/mol. The third-order valence-electron chi connectivity index (χ3n) is 2.05. The number of nitrogens with one attached hydrogen (secondary N) is 2. The van der Waals surface area contributed by atoms with Crippen molar-refractivity contribution >= 4 is 11.6 Å². The molecule has 1 rings (SSSR count). The topological polar surface area (TPSA) is 59.1 Å². The van der Waals surface area contributed by atoms with Gasteiger partial charge in [-0.1, -0.05) is 6.92 Å². The molecule has 2 N–H and O–H groups in total. The molecule has 0 aliphatic rings. The number of ether oxygens (including phenoxy) is 1. The Labute approximate surface area is 96.6 Å². The van der Waals surface area contributed by atoms with Gasteiger partial charge in [-0.25, -0.2) is 9.97 Å². The number of nitrogens with zero attached hydrogens (tertiary/aromatic N) is 2. The molecule has 16 heavy (non-hydrogen) atoms. The van der Waals surface area contributed by atoms with Crippen LogP contribution in [0.3, 0.4) is 0 Å². The van der Waals surface area contributed by atoms with Gasteiger partial charge in [0.1, 0.15) is 18.0 Å². The Morgan fingerprint density at radius 1 is 1.19 bits per heavy atom. The lowest BCUT2D eigenvalue weighted by molar-refractivity contribution is 0.198. The fourth-order valence-corrected chi connectivity index (χ4v) is 1.24. The predicted octanol–water partition coefficient (Wildman–Crippen LogP) is 1.75. The quantitative estimate of drug-likeness (QED) is 0.659. The van der Waals surface area contributed by atoms with Crippen molar-refractivity contribution in [3.05, 3.63) is 12.4 Å². The van der Waals surface area contributed by atoms with Gasteiger partial charge >= 0.3 is 0 Å². The van der Waals surface area contributed by atoms with Crippen LogP contribution >= 0.6 is 0 Å². The standard InChI is InChI=1S/C11H20N4O/c1-3-5-12-10-8-11(15-9-14-10)13-6-4-7-16-2/h8-9H,3-7H2,1-2H3,(H2,12,13,14,15). The van der Waals surface area contributed by atoms with E-state index in [4.69, 9.17) is 4.74 Å². The summed E-state index contributed by atoms with van der Waals surface area (Å²) >= 11 is 0. The summed E-state index contributed by atoms with van der Waals surface area (Å²) in [7, 11) is 1.71. The second-order valence-electron chi connectivity index (χ2n) is 3.49. The van der Waals surface area contributed by atoms with Gasteiger partial charge in [-0.2, -0.15) is 0 Å². The maximum absolute atomic E-state index is 4.97. The normalized spacial score (nSPS) is 10.1. The number of anilines is 2. The van der Waals surface area contributed by atoms with Gasteiger partial charge in [0.05, 0.1) is 0 Å². The van der Waals surface area contributed by atoms with Crippen LogP contribution in [0.4, 0.5) is 11.6 Å². The summed E-state index contributed by atoms with van der Waals surface area (Å²) in [5.74, 6) is 1.72. The Morgan fingerprint density at radius 2 is 1.88 bits per heavy atom. The zero-order chi connectivity index (χ0) is 11.6. The van der Waals surface area contributed by atoms with E-state index in [1.807, 2.05) is 6.07 Å². The first-order valence-corrected chi connectivity index (χ1v) is 5.65. The number of aromatic nitrogens is 2. The van der Waals surface area contributed by atoms with Crippen molar-refractivity contribution in [1.29, 1.82) is 0 Å². The van der Waals surface area contributed by atoms with Gasteiger partial charge < -0.3 is 15.4 Å². The van der Waals surface area contributed by atoms with E-state index in [1.165, 1.54) is 0 Å². The molecule has 0 spiro atoms. The lowest BCUT2D eigenvalue weighted by atomic mass is 10.4. The summed E-state index contributed by atoms with van der Waals surface area (Å²) in [4.78, 5) is 8.28. The minimum absolute atomic E-state index is 0.763. The maximum Gasteiger partial charge on any atom is 0.131 e. The van der Waals surface area contributed by atoms with Crippen LogP contribution in [-0.4, -0.2) is 36.8 Å². The molecular formula is C11H20N4O. The lowest BCUT2D eigenvalue weighted by Gasteiger charge is -2.07. The molecule has 0 aromatic carbocycles. The van der Waals surface area contributed by atoms with E-state index in [2.05, 4.69) is 27.5 Å². The summed E-state index contributed by atoms with van der Waals surface area (Å²) in [5, 5.41) is 6.45. The smallest absolute Gasteiger partial charge is 0.131 e. The lowest BCUT2D eigenvalue weighted by Crippen LogP contribution is -2.08. The first-order chi connectivity index (χ1) is 7.86. The monoisotopic (exact) mass is 224 g/mol. The van der Waals surface area contributed by atoms with Gasteiger partial charge in [0.15, 0.2) is 0 Å². The van der Waals surface area contributed by atoms with Crippen LogP contribution in [0, 0.1) is 0 Å². The molecule has 1 aromatic rings. The Morgan fingerprint density at radius 3 is 2.50 bits per heavy atom. The molecule has 1 heterocycles. The second-order valence-corrected chi connectivity index (χ2v) is 3.49. The van der Waals surface area contributed by atoms with E-state index in [0.717, 1.165) is 44.2 Å². The van der Waals surface area contributed by atoms with Crippen molar-refractivity contribution in [2.75, 3.05) is 37.4 Å². The van der Waals surface area contributed by atoms with Crippen LogP contribution in [-0.2, 0) is 4.74 Å². The van der Waals surface area contributed by atoms with Gasteiger partial charge in [0, 0.05) is 32.9 Å². The summed E-state index contributed by atoms with van der Waals surface area (Å²) in [5.41, 5.74) is 0. The van der Waals surface area contributed by atoms with Crippen LogP contribution in [0.25, 0.3) is 0 Å². The maximum atomic E-state index is 4.97. The van der Waals surface area contributed by atoms with E-state index < -0.39 is 0 Å². The average Bonchev–Trinajstić information content (AvgIpc) is 2.33. The molecule has 5 heteroatoms. The highest BCUT2D eigenvalue weighted by Gasteiger charge is 1.97. The SMILES string of the molecule is CCCNc1cc(NCCCOC)ncn1. The van der Waals surface area contributed by atoms with E-state index in [1.54, 1.807) is 13.4 Å². The van der Waals surface area contributed by atoms with Crippen molar-refractivity contribution < 1.29 is 4.74 Å². The van der Waals surface area contributed by atoms with Gasteiger partial charge in [-0.05, 0) is 12.8 Å². The Bertz CT molecular complexity index is 293. The molecular weight excluding hydrogens is 204 g/mol. The van der Waals surface area contributed by atoms with Crippen molar-refractivity contribution in [1.82, 2.24) is 9.97 Å². The molecule has 0 fully saturated rings. The average molecular weight is 224 g/mol. The number of hydrogen-bond donors (Lipinski definition) is 2. The highest BCUT2D eigenvalue weighted by molar-refractivity contribution is 5.46. The van der Waals surface area contributed by atoms with E-state index in [0.29, 0.717) is 0 Å². The van der Waals surface area contributed by atoms with Gasteiger partial charge in [-0.3, -0.25) is 0 Å². The third kappa shape index (κ3) is 4.93. The Hall–Kier alpha value is -1.36. The molecule has 0 aliphatic heterocycles. The van der Waals surface area contributed by atoms with E-state index in [-0.39, 0.29) is 0 Å². The fraction of sp³-hybridized carbons (Fsp3) is 0.636. The van der Waals surface area contributed by atoms with Crippen LogP contribution < -0.4 is 10.6 Å². The molecule has 0 bridgehead atoms. The van der Waals surface area contributed by atoms with Crippen LogP contribution in [0.5, 0.6) is 0 Å². The molecule has 0 amide bonds. The summed E-state index contributed by atoms with van der Waals surface area (Å²) < 4.78 is 4.97. The van der Waals surface area contributed by atoms with Gasteiger partial charge in [-0.15, -0.1) is 0 Å². The van der Waals surface area contributed by atoms with Crippen molar-refractivity contribution in [3.8, 4) is 0 Å². The zero-order valence-electron chi connectivity index (χ0n) is 9.99. The summed E-state index contributed by atoms with van der Waals surface area (Å²) in [6.45, 7) is 4.68. The van der Waals surface area contributed by atoms with E-state index in [9.17, 15) is 0 Å². The largest absolute Gasteiger partial charge is 0.385 e. The Kier molecular flexibility index (Phi) is 6.25. The first kappa shape index (κ1) is 12.7. The minimum Gasteiger partial charge on any atom is -0.385 e. The molecule has 0 saturated heterocycles. The van der Waals surface area contributed by atoms with Crippen LogP contribution in [0.2, 0.25) is 0 Å². The first-order valence-electron chi connectivity index (χ1n) is 5.65. The van der Waals surface area contributed by atoms with Crippen LogP contribution in [0.1, 0.15) is 19.8 Å². The van der Waals surface area contributed by atoms with Gasteiger partial charge in [0.2, 0.25) is 0 Å². The van der Waals surface area contributed by atoms with Crippen LogP contribution in [0.15, 0.2) is 12.4 Å². The highest BCUT2D eigenvalue weighted by atomic mass is 16.5. The van der Waals surface area contributed by atoms with Crippen molar-refractivity contribution in [2.45, 2.75) is 19.8 Å². The second kappa shape index (κ2) is 7.87. The summed E-state index contributed by atoms with van der Waals surface area (Å²) in [6.07, 6.45) is 3.62. The molecule has 0 radical (unpaired) electrons. The third-order valence-corrected chi connectivity index (χ3v) is 2.05. The zero-order valence-corrected chi connectivity index (χ0v) is 9.99. The molecule has 90 valence electrons.